The Labute approximate surface area is 208 Å². The van der Waals surface area contributed by atoms with Gasteiger partial charge >= 0.3 is 0 Å². The lowest BCUT2D eigenvalue weighted by Crippen LogP contribution is -2.48. The molecule has 0 radical (unpaired) electrons. The fourth-order valence-electron chi connectivity index (χ4n) is 4.37. The average Bonchev–Trinajstić information content (AvgIpc) is 2.89. The van der Waals surface area contributed by atoms with E-state index in [4.69, 9.17) is 0 Å². The lowest BCUT2D eigenvalue weighted by Gasteiger charge is -2.34. The number of benzene rings is 3. The highest BCUT2D eigenvalue weighted by Gasteiger charge is 2.23. The molecule has 0 unspecified atom stereocenters. The van der Waals surface area contributed by atoms with E-state index in [1.165, 1.54) is 23.6 Å². The Morgan fingerprint density at radius 3 is 2.63 bits per heavy atom. The average molecular weight is 491 g/mol. The van der Waals surface area contributed by atoms with Gasteiger partial charge in [0.1, 0.15) is 11.6 Å². The predicted molar refractivity (Wildman–Crippen MR) is 138 cm³/mol. The molecule has 0 bridgehead atoms. The van der Waals surface area contributed by atoms with Crippen LogP contribution in [0, 0.1) is 5.82 Å². The predicted octanol–water partition coefficient (Wildman–Crippen LogP) is 5.26. The fraction of sp³-hybridized carbons (Fsp3) is 0.259. The van der Waals surface area contributed by atoms with Crippen LogP contribution in [0.3, 0.4) is 0 Å². The van der Waals surface area contributed by atoms with Crippen molar-refractivity contribution in [2.45, 2.75) is 24.3 Å². The Morgan fingerprint density at radius 1 is 1.06 bits per heavy atom. The Kier molecular flexibility index (Phi) is 7.01. The third-order valence-corrected chi connectivity index (χ3v) is 7.23. The Bertz CT molecular complexity index is 1240. The molecular formula is C27H27FN4O2S. The van der Waals surface area contributed by atoms with Crippen LogP contribution in [0.4, 0.5) is 15.8 Å². The normalized spacial score (nSPS) is 15.6. The quantitative estimate of drug-likeness (QED) is 0.462. The lowest BCUT2D eigenvalue weighted by atomic mass is 10.1. The van der Waals surface area contributed by atoms with E-state index in [9.17, 15) is 14.3 Å². The van der Waals surface area contributed by atoms with Gasteiger partial charge in [0.2, 0.25) is 0 Å². The summed E-state index contributed by atoms with van der Waals surface area (Å²) >= 11 is 1.53. The summed E-state index contributed by atoms with van der Waals surface area (Å²) in [4.78, 5) is 22.6. The monoisotopic (exact) mass is 490 g/mol. The number of fused-ring (bicyclic) bond motifs is 1. The molecule has 2 aliphatic rings. The number of carbonyl (C=O) groups excluding carboxylic acids is 1. The topological polar surface area (TPSA) is 68.2 Å². The number of anilines is 1. The molecule has 0 aromatic heterocycles. The summed E-state index contributed by atoms with van der Waals surface area (Å²) < 4.78 is 17.4. The number of rotatable bonds is 6. The van der Waals surface area contributed by atoms with E-state index in [2.05, 4.69) is 32.8 Å². The number of para-hydroxylation sites is 1. The first-order chi connectivity index (χ1) is 17.1. The highest BCUT2D eigenvalue weighted by atomic mass is 32.2. The van der Waals surface area contributed by atoms with E-state index in [1.54, 1.807) is 6.07 Å². The van der Waals surface area contributed by atoms with Crippen molar-refractivity contribution in [3.05, 3.63) is 83.2 Å². The highest BCUT2D eigenvalue weighted by Crippen LogP contribution is 2.35. The van der Waals surface area contributed by atoms with Crippen LogP contribution in [0.5, 0.6) is 5.75 Å². The van der Waals surface area contributed by atoms with E-state index in [0.29, 0.717) is 43.9 Å². The number of phenolic OH excluding ortho intramolecular Hbond substituents is 1. The summed E-state index contributed by atoms with van der Waals surface area (Å²) in [5.41, 5.74) is 4.43. The second-order valence-electron chi connectivity index (χ2n) is 8.74. The molecule has 2 aliphatic heterocycles. The van der Waals surface area contributed by atoms with Crippen LogP contribution in [0.25, 0.3) is 0 Å². The second kappa shape index (κ2) is 10.5. The summed E-state index contributed by atoms with van der Waals surface area (Å²) in [6.07, 6.45) is 3.97. The number of nitrogens with zero attached hydrogens (tertiary/aromatic N) is 3. The molecule has 2 N–H and O–H groups in total. The van der Waals surface area contributed by atoms with Gasteiger partial charge in [0.05, 0.1) is 10.6 Å². The van der Waals surface area contributed by atoms with Crippen LogP contribution in [0.15, 0.2) is 70.6 Å². The summed E-state index contributed by atoms with van der Waals surface area (Å²) in [5.74, 6) is -0.476. The molecule has 6 nitrogen and oxygen atoms in total. The zero-order valence-corrected chi connectivity index (χ0v) is 20.1. The van der Waals surface area contributed by atoms with Crippen LogP contribution in [-0.4, -0.2) is 53.2 Å². The number of aromatic hydroxyl groups is 1. The molecule has 0 spiro atoms. The Hall–Kier alpha value is -3.36. The largest absolute Gasteiger partial charge is 0.508 e. The number of nitrogens with one attached hydrogen (secondary N) is 1. The van der Waals surface area contributed by atoms with Gasteiger partial charge in [-0.15, -0.1) is 0 Å². The summed E-state index contributed by atoms with van der Waals surface area (Å²) in [6.45, 7) is 2.99. The van der Waals surface area contributed by atoms with Crippen LogP contribution < -0.4 is 4.72 Å². The summed E-state index contributed by atoms with van der Waals surface area (Å²) in [6, 6.07) is 18.0. The molecule has 35 heavy (non-hydrogen) atoms. The Balaban J connectivity index is 1.14. The molecule has 0 saturated carbocycles. The van der Waals surface area contributed by atoms with Gasteiger partial charge in [0.25, 0.3) is 5.91 Å². The number of amides is 1. The molecular weight excluding hydrogens is 463 g/mol. The molecule has 1 saturated heterocycles. The van der Waals surface area contributed by atoms with Crippen LogP contribution in [0.2, 0.25) is 0 Å². The molecule has 5 rings (SSSR count). The van der Waals surface area contributed by atoms with Crippen molar-refractivity contribution in [2.75, 3.05) is 30.9 Å². The maximum atomic E-state index is 14.0. The van der Waals surface area contributed by atoms with Crippen molar-refractivity contribution in [1.82, 2.24) is 9.80 Å². The zero-order chi connectivity index (χ0) is 24.2. The number of hydrogen-bond donors (Lipinski definition) is 2. The number of hydrogen-bond acceptors (Lipinski definition) is 6. The van der Waals surface area contributed by atoms with Crippen molar-refractivity contribution in [2.24, 2.45) is 4.99 Å². The van der Waals surface area contributed by atoms with Gasteiger partial charge in [-0.3, -0.25) is 14.7 Å². The number of phenols is 1. The number of halogens is 1. The molecule has 180 valence electrons. The van der Waals surface area contributed by atoms with Gasteiger partial charge < -0.3 is 14.7 Å². The molecule has 3 aromatic carbocycles. The van der Waals surface area contributed by atoms with E-state index >= 15 is 0 Å². The molecule has 0 atom stereocenters. The minimum absolute atomic E-state index is 0.00568. The molecule has 0 aliphatic carbocycles. The number of aliphatic imine (C=N–C) groups is 1. The van der Waals surface area contributed by atoms with Gasteiger partial charge in [0, 0.05) is 61.8 Å². The van der Waals surface area contributed by atoms with Crippen LogP contribution >= 0.6 is 11.9 Å². The smallest absolute Gasteiger partial charge is 0.253 e. The number of aryl methyl sites for hydroxylation is 1. The number of piperazine rings is 1. The number of carbonyl (C=O) groups is 1. The molecule has 2 heterocycles. The molecule has 3 aromatic rings. The van der Waals surface area contributed by atoms with Crippen LogP contribution in [-0.2, 0) is 13.0 Å². The first-order valence-corrected chi connectivity index (χ1v) is 12.5. The van der Waals surface area contributed by atoms with E-state index in [-0.39, 0.29) is 11.7 Å². The SMILES string of the molecule is O=C(c1ccc(NSc2cccc3c2N=CCC3)cc1)N1CCN(Cc2ccc(O)cc2F)CC1. The highest BCUT2D eigenvalue weighted by molar-refractivity contribution is 8.00. The summed E-state index contributed by atoms with van der Waals surface area (Å²) in [7, 11) is 0. The van der Waals surface area contributed by atoms with Crippen LogP contribution in [0.1, 0.15) is 27.9 Å². The molecule has 1 amide bonds. The van der Waals surface area contributed by atoms with E-state index in [1.807, 2.05) is 35.4 Å². The minimum Gasteiger partial charge on any atom is -0.508 e. The first-order valence-electron chi connectivity index (χ1n) is 11.7. The molecule has 8 heteroatoms. The second-order valence-corrected chi connectivity index (χ2v) is 9.59. The lowest BCUT2D eigenvalue weighted by molar-refractivity contribution is 0.0627. The van der Waals surface area contributed by atoms with Crippen molar-refractivity contribution >= 4 is 35.4 Å². The van der Waals surface area contributed by atoms with Crippen molar-refractivity contribution in [3.8, 4) is 5.75 Å². The van der Waals surface area contributed by atoms with Crippen molar-refractivity contribution < 1.29 is 14.3 Å². The zero-order valence-electron chi connectivity index (χ0n) is 19.3. The van der Waals surface area contributed by atoms with Gasteiger partial charge in [-0.25, -0.2) is 4.39 Å². The summed E-state index contributed by atoms with van der Waals surface area (Å²) in [5, 5.41) is 9.38. The first kappa shape index (κ1) is 23.4. The van der Waals surface area contributed by atoms with Crippen molar-refractivity contribution in [3.63, 3.8) is 0 Å². The van der Waals surface area contributed by atoms with Gasteiger partial charge in [-0.1, -0.05) is 18.2 Å². The standard InChI is InChI=1S/C27H27FN4O2S/c28-24-17-23(33)11-8-21(24)18-31-13-15-32(16-14-31)27(34)20-6-9-22(10-7-20)30-35-25-5-1-3-19-4-2-12-29-26(19)25/h1,3,5-12,17,30,33H,2,4,13-16,18H2. The van der Waals surface area contributed by atoms with Gasteiger partial charge in [-0.05, 0) is 66.8 Å². The third-order valence-electron chi connectivity index (χ3n) is 6.35. The molecule has 1 fully saturated rings. The fourth-order valence-corrected chi connectivity index (χ4v) is 5.16. The van der Waals surface area contributed by atoms with Gasteiger partial charge in [-0.2, -0.15) is 0 Å². The van der Waals surface area contributed by atoms with Gasteiger partial charge in [0.15, 0.2) is 0 Å². The maximum Gasteiger partial charge on any atom is 0.253 e. The van der Waals surface area contributed by atoms with E-state index < -0.39 is 5.82 Å². The van der Waals surface area contributed by atoms with E-state index in [0.717, 1.165) is 35.2 Å². The minimum atomic E-state index is -0.407. The Morgan fingerprint density at radius 2 is 1.86 bits per heavy atom. The maximum absolute atomic E-state index is 14.0. The van der Waals surface area contributed by atoms with Crippen molar-refractivity contribution in [1.29, 1.82) is 0 Å². The third kappa shape index (κ3) is 5.49.